The first-order valence-corrected chi connectivity index (χ1v) is 9.68. The molecule has 0 aliphatic carbocycles. The smallest absolute Gasteiger partial charge is 0.239 e. The first kappa shape index (κ1) is 20.5. The molecule has 1 atom stereocenters. The van der Waals surface area contributed by atoms with E-state index >= 15 is 0 Å². The summed E-state index contributed by atoms with van der Waals surface area (Å²) in [7, 11) is -3.13. The minimum atomic E-state index is -3.13. The zero-order valence-electron chi connectivity index (χ0n) is 12.6. The van der Waals surface area contributed by atoms with E-state index in [2.05, 4.69) is 0 Å². The van der Waals surface area contributed by atoms with Gasteiger partial charge in [-0.05, 0) is 36.1 Å². The highest BCUT2D eigenvalue weighted by Gasteiger charge is 2.27. The van der Waals surface area contributed by atoms with E-state index in [0.29, 0.717) is 29.6 Å². The maximum atomic E-state index is 12.3. The maximum Gasteiger partial charge on any atom is 0.239 e. The van der Waals surface area contributed by atoms with Crippen molar-refractivity contribution >= 4 is 51.4 Å². The zero-order valence-corrected chi connectivity index (χ0v) is 15.7. The molecule has 0 aromatic heterocycles. The van der Waals surface area contributed by atoms with E-state index in [0.717, 1.165) is 17.4 Å². The molecule has 0 spiro atoms. The Labute approximate surface area is 152 Å². The van der Waals surface area contributed by atoms with Crippen LogP contribution in [0.3, 0.4) is 0 Å². The fourth-order valence-corrected chi connectivity index (χ4v) is 3.75. The minimum Gasteiger partial charge on any atom is -0.337 e. The van der Waals surface area contributed by atoms with Gasteiger partial charge in [0.15, 0.2) is 0 Å². The summed E-state index contributed by atoms with van der Waals surface area (Å²) >= 11 is 12.2. The van der Waals surface area contributed by atoms with Crippen LogP contribution in [0, 0.1) is 0 Å². The number of fused-ring (bicyclic) bond motifs is 1. The van der Waals surface area contributed by atoms with Crippen molar-refractivity contribution in [3.05, 3.63) is 33.3 Å². The van der Waals surface area contributed by atoms with Crippen LogP contribution in [0.1, 0.15) is 17.5 Å². The average Bonchev–Trinajstić information content (AvgIpc) is 2.42. The van der Waals surface area contributed by atoms with Gasteiger partial charge in [-0.25, -0.2) is 8.42 Å². The molecule has 1 unspecified atom stereocenters. The Hall–Kier alpha value is -0.530. The second kappa shape index (κ2) is 8.03. The van der Waals surface area contributed by atoms with Crippen molar-refractivity contribution in [1.82, 2.24) is 4.90 Å². The second-order valence-corrected chi connectivity index (χ2v) is 8.66. The lowest BCUT2D eigenvalue weighted by Gasteiger charge is -2.31. The Morgan fingerprint density at radius 1 is 1.39 bits per heavy atom. The number of hydrogen-bond donors (Lipinski definition) is 1. The predicted molar refractivity (Wildman–Crippen MR) is 95.1 cm³/mol. The standard InChI is InChI=1S/C14H18Cl2N2O3S.ClH/c1-22(20,21)5-3-13(17)14(19)18-4-2-9-6-10(15)7-12(16)11(9)8-18;/h6-7,13H,2-5,8,17H2,1H3;1H. The van der Waals surface area contributed by atoms with Gasteiger partial charge in [0.2, 0.25) is 5.91 Å². The Balaban J connectivity index is 0.00000264. The van der Waals surface area contributed by atoms with E-state index in [4.69, 9.17) is 28.9 Å². The van der Waals surface area contributed by atoms with Gasteiger partial charge in [-0.3, -0.25) is 4.79 Å². The van der Waals surface area contributed by atoms with E-state index in [9.17, 15) is 13.2 Å². The molecule has 0 radical (unpaired) electrons. The van der Waals surface area contributed by atoms with Crippen LogP contribution >= 0.6 is 35.6 Å². The summed E-state index contributed by atoms with van der Waals surface area (Å²) in [6, 6.07) is 2.69. The quantitative estimate of drug-likeness (QED) is 0.837. The van der Waals surface area contributed by atoms with Gasteiger partial charge in [-0.2, -0.15) is 0 Å². The van der Waals surface area contributed by atoms with Crippen LogP contribution in [0.25, 0.3) is 0 Å². The fourth-order valence-electron chi connectivity index (χ4n) is 2.47. The van der Waals surface area contributed by atoms with Crippen molar-refractivity contribution in [3.63, 3.8) is 0 Å². The van der Waals surface area contributed by atoms with Crippen molar-refractivity contribution in [2.24, 2.45) is 5.73 Å². The van der Waals surface area contributed by atoms with E-state index in [1.165, 1.54) is 0 Å². The number of nitrogens with zero attached hydrogens (tertiary/aromatic N) is 1. The summed E-state index contributed by atoms with van der Waals surface area (Å²) in [5.41, 5.74) is 7.74. The van der Waals surface area contributed by atoms with Crippen molar-refractivity contribution in [2.75, 3.05) is 18.6 Å². The van der Waals surface area contributed by atoms with Gasteiger partial charge in [-0.1, -0.05) is 23.2 Å². The van der Waals surface area contributed by atoms with Gasteiger partial charge in [-0.15, -0.1) is 12.4 Å². The average molecular weight is 402 g/mol. The molecule has 1 aliphatic rings. The summed E-state index contributed by atoms with van der Waals surface area (Å²) < 4.78 is 22.3. The molecule has 1 aromatic rings. The lowest BCUT2D eigenvalue weighted by Crippen LogP contribution is -2.46. The zero-order chi connectivity index (χ0) is 16.5. The van der Waals surface area contributed by atoms with Crippen LogP contribution in [0.2, 0.25) is 10.0 Å². The van der Waals surface area contributed by atoms with Crippen molar-refractivity contribution in [3.8, 4) is 0 Å². The number of hydrogen-bond acceptors (Lipinski definition) is 4. The summed E-state index contributed by atoms with van der Waals surface area (Å²) in [6.07, 6.45) is 1.90. The third kappa shape index (κ3) is 5.50. The largest absolute Gasteiger partial charge is 0.337 e. The number of sulfone groups is 1. The Morgan fingerprint density at radius 3 is 2.65 bits per heavy atom. The molecule has 1 heterocycles. The molecule has 0 fully saturated rings. The molecule has 1 aliphatic heterocycles. The second-order valence-electron chi connectivity index (χ2n) is 5.56. The van der Waals surface area contributed by atoms with Gasteiger partial charge in [0.25, 0.3) is 0 Å². The SMILES string of the molecule is CS(=O)(=O)CCC(N)C(=O)N1CCc2cc(Cl)cc(Cl)c2C1.Cl. The van der Waals surface area contributed by atoms with Crippen LogP contribution < -0.4 is 5.73 Å². The van der Waals surface area contributed by atoms with E-state index in [1.54, 1.807) is 11.0 Å². The summed E-state index contributed by atoms with van der Waals surface area (Å²) in [4.78, 5) is 14.0. The molecule has 2 rings (SSSR count). The van der Waals surface area contributed by atoms with Crippen LogP contribution in [0.4, 0.5) is 0 Å². The van der Waals surface area contributed by atoms with E-state index < -0.39 is 15.9 Å². The normalized spacial score (nSPS) is 15.6. The number of benzene rings is 1. The van der Waals surface area contributed by atoms with Crippen molar-refractivity contribution in [1.29, 1.82) is 0 Å². The summed E-state index contributed by atoms with van der Waals surface area (Å²) in [5, 5.41) is 1.11. The Morgan fingerprint density at radius 2 is 2.04 bits per heavy atom. The number of halogens is 3. The monoisotopic (exact) mass is 400 g/mol. The summed E-state index contributed by atoms with van der Waals surface area (Å²) in [5.74, 6) is -0.346. The number of rotatable bonds is 4. The first-order chi connectivity index (χ1) is 10.2. The fraction of sp³-hybridized carbons (Fsp3) is 0.500. The minimum absolute atomic E-state index is 0. The Bertz CT molecular complexity index is 695. The van der Waals surface area contributed by atoms with E-state index in [-0.39, 0.29) is 30.5 Å². The third-order valence-electron chi connectivity index (χ3n) is 3.68. The van der Waals surface area contributed by atoms with Crippen molar-refractivity contribution < 1.29 is 13.2 Å². The number of amides is 1. The molecule has 2 N–H and O–H groups in total. The third-order valence-corrected chi connectivity index (χ3v) is 5.21. The van der Waals surface area contributed by atoms with E-state index in [1.807, 2.05) is 6.07 Å². The highest BCUT2D eigenvalue weighted by molar-refractivity contribution is 7.90. The van der Waals surface area contributed by atoms with Gasteiger partial charge in [0.1, 0.15) is 9.84 Å². The molecule has 0 saturated heterocycles. The molecular formula is C14H19Cl3N2O3S. The molecule has 130 valence electrons. The van der Waals surface area contributed by atoms with Gasteiger partial charge in [0, 0.05) is 29.4 Å². The lowest BCUT2D eigenvalue weighted by molar-refractivity contribution is -0.133. The maximum absolute atomic E-state index is 12.3. The molecular weight excluding hydrogens is 383 g/mol. The number of nitrogens with two attached hydrogens (primary N) is 1. The van der Waals surface area contributed by atoms with Gasteiger partial charge in [0.05, 0.1) is 11.8 Å². The topological polar surface area (TPSA) is 80.5 Å². The highest BCUT2D eigenvalue weighted by atomic mass is 35.5. The summed E-state index contributed by atoms with van der Waals surface area (Å²) in [6.45, 7) is 0.895. The molecule has 5 nitrogen and oxygen atoms in total. The lowest BCUT2D eigenvalue weighted by atomic mass is 9.99. The number of carbonyl (C=O) groups is 1. The Kier molecular flexibility index (Phi) is 7.16. The van der Waals surface area contributed by atoms with Crippen LogP contribution in [-0.2, 0) is 27.6 Å². The van der Waals surface area contributed by atoms with Crippen LogP contribution in [0.5, 0.6) is 0 Å². The van der Waals surface area contributed by atoms with Crippen LogP contribution in [-0.4, -0.2) is 43.8 Å². The molecule has 0 saturated carbocycles. The van der Waals surface area contributed by atoms with Gasteiger partial charge >= 0.3 is 0 Å². The van der Waals surface area contributed by atoms with Crippen molar-refractivity contribution in [2.45, 2.75) is 25.4 Å². The molecule has 9 heteroatoms. The highest BCUT2D eigenvalue weighted by Crippen LogP contribution is 2.30. The van der Waals surface area contributed by atoms with Gasteiger partial charge < -0.3 is 10.6 Å². The first-order valence-electron chi connectivity index (χ1n) is 6.86. The van der Waals surface area contributed by atoms with Crippen LogP contribution in [0.15, 0.2) is 12.1 Å². The predicted octanol–water partition coefficient (Wildman–Crippen LogP) is 2.06. The molecule has 0 bridgehead atoms. The number of carbonyl (C=O) groups excluding carboxylic acids is 1. The molecule has 23 heavy (non-hydrogen) atoms. The molecule has 1 amide bonds. The molecule has 1 aromatic carbocycles.